The van der Waals surface area contributed by atoms with E-state index in [4.69, 9.17) is 9.47 Å². The van der Waals surface area contributed by atoms with Crippen molar-refractivity contribution in [1.29, 1.82) is 5.26 Å². The average Bonchev–Trinajstić information content (AvgIpc) is 2.93. The Balaban J connectivity index is 2.43. The van der Waals surface area contributed by atoms with Crippen LogP contribution in [0.2, 0.25) is 0 Å². The highest BCUT2D eigenvalue weighted by atomic mass is 32.2. The number of rotatable bonds is 6. The zero-order valence-corrected chi connectivity index (χ0v) is 15.0. The van der Waals surface area contributed by atoms with E-state index in [0.717, 1.165) is 12.7 Å². The lowest BCUT2D eigenvalue weighted by Gasteiger charge is -2.28. The summed E-state index contributed by atoms with van der Waals surface area (Å²) in [5, 5.41) is 15.4. The first-order chi connectivity index (χ1) is 11.2. The maximum absolute atomic E-state index is 12.0. The topological polar surface area (TPSA) is 100 Å². The second kappa shape index (κ2) is 6.61. The van der Waals surface area contributed by atoms with Gasteiger partial charge in [0.25, 0.3) is 0 Å². The number of allylic oxidation sites excluding steroid dienone is 1. The van der Waals surface area contributed by atoms with Gasteiger partial charge in [0.15, 0.2) is 26.2 Å². The van der Waals surface area contributed by atoms with Gasteiger partial charge < -0.3 is 20.1 Å². The number of nitrogens with one attached hydrogen (secondary N) is 2. The van der Waals surface area contributed by atoms with Gasteiger partial charge in [-0.3, -0.25) is 0 Å². The normalized spacial score (nSPS) is 14.6. The fraction of sp³-hybridized carbons (Fsp3) is 0.438. The summed E-state index contributed by atoms with van der Waals surface area (Å²) in [6, 6.07) is 6.92. The van der Waals surface area contributed by atoms with Gasteiger partial charge >= 0.3 is 0 Å². The molecule has 0 saturated heterocycles. The lowest BCUT2D eigenvalue weighted by Crippen LogP contribution is -2.41. The predicted octanol–water partition coefficient (Wildman–Crippen LogP) is 2.34. The molecule has 1 aromatic rings. The molecule has 1 aliphatic rings. The fourth-order valence-electron chi connectivity index (χ4n) is 2.01. The fourth-order valence-corrected chi connectivity index (χ4v) is 2.65. The van der Waals surface area contributed by atoms with Crippen LogP contribution in [0.4, 0.5) is 5.69 Å². The van der Waals surface area contributed by atoms with E-state index in [9.17, 15) is 13.7 Å². The molecular formula is C16H21N3O4S. The SMILES string of the molecule is CCC(C)(C)N/C(Nc1ccc2c(c1)OCO2)=C(/C#N)S(C)(=O)=O. The van der Waals surface area contributed by atoms with Crippen LogP contribution in [0, 0.1) is 11.3 Å². The summed E-state index contributed by atoms with van der Waals surface area (Å²) in [7, 11) is -3.69. The Kier molecular flexibility index (Phi) is 4.94. The summed E-state index contributed by atoms with van der Waals surface area (Å²) >= 11 is 0. The molecule has 1 heterocycles. The minimum Gasteiger partial charge on any atom is -0.454 e. The van der Waals surface area contributed by atoms with Crippen molar-refractivity contribution in [2.75, 3.05) is 18.4 Å². The quantitative estimate of drug-likeness (QED) is 0.759. The van der Waals surface area contributed by atoms with Crippen LogP contribution in [0.25, 0.3) is 0 Å². The molecule has 0 fully saturated rings. The number of sulfone groups is 1. The van der Waals surface area contributed by atoms with E-state index in [1.165, 1.54) is 0 Å². The standard InChI is InChI=1S/C16H21N3O4S/c1-5-16(2,3)19-15(14(9-17)24(4,20)21)18-11-6-7-12-13(8-11)23-10-22-12/h6-8,18-19H,5,10H2,1-4H3/b15-14-. The van der Waals surface area contributed by atoms with Gasteiger partial charge in [0.1, 0.15) is 11.9 Å². The van der Waals surface area contributed by atoms with Crippen molar-refractivity contribution < 1.29 is 17.9 Å². The number of ether oxygens (including phenoxy) is 2. The van der Waals surface area contributed by atoms with E-state index < -0.39 is 15.4 Å². The average molecular weight is 351 g/mol. The molecular weight excluding hydrogens is 330 g/mol. The molecule has 8 heteroatoms. The molecule has 0 spiro atoms. The summed E-state index contributed by atoms with van der Waals surface area (Å²) < 4.78 is 34.5. The monoisotopic (exact) mass is 351 g/mol. The summed E-state index contributed by atoms with van der Waals surface area (Å²) in [6.45, 7) is 5.96. The number of nitrogens with zero attached hydrogens (tertiary/aromatic N) is 1. The molecule has 0 bridgehead atoms. The minimum absolute atomic E-state index is 0.144. The lowest BCUT2D eigenvalue weighted by atomic mass is 10.0. The molecule has 0 amide bonds. The summed E-state index contributed by atoms with van der Waals surface area (Å²) in [6.07, 6.45) is 1.75. The summed E-state index contributed by atoms with van der Waals surface area (Å²) in [5.74, 6) is 1.33. The molecule has 130 valence electrons. The molecule has 1 aromatic carbocycles. The first-order valence-electron chi connectivity index (χ1n) is 7.45. The van der Waals surface area contributed by atoms with Crippen LogP contribution < -0.4 is 20.1 Å². The van der Waals surface area contributed by atoms with E-state index >= 15 is 0 Å². The smallest absolute Gasteiger partial charge is 0.231 e. The van der Waals surface area contributed by atoms with E-state index in [0.29, 0.717) is 17.2 Å². The Labute approximate surface area is 142 Å². The van der Waals surface area contributed by atoms with E-state index in [1.807, 2.05) is 20.8 Å². The molecule has 2 N–H and O–H groups in total. The minimum atomic E-state index is -3.69. The highest BCUT2D eigenvalue weighted by Gasteiger charge is 2.24. The molecule has 0 unspecified atom stereocenters. The number of fused-ring (bicyclic) bond motifs is 1. The molecule has 0 atom stereocenters. The Morgan fingerprint density at radius 3 is 2.58 bits per heavy atom. The van der Waals surface area contributed by atoms with Gasteiger partial charge in [-0.05, 0) is 32.4 Å². The van der Waals surface area contributed by atoms with Crippen molar-refractivity contribution in [3.05, 3.63) is 28.9 Å². The van der Waals surface area contributed by atoms with E-state index in [-0.39, 0.29) is 17.5 Å². The highest BCUT2D eigenvalue weighted by molar-refractivity contribution is 7.94. The van der Waals surface area contributed by atoms with Gasteiger partial charge in [-0.1, -0.05) is 6.92 Å². The number of benzene rings is 1. The molecule has 0 aliphatic carbocycles. The van der Waals surface area contributed by atoms with Crippen LogP contribution in [0.15, 0.2) is 28.9 Å². The van der Waals surface area contributed by atoms with E-state index in [1.54, 1.807) is 24.3 Å². The van der Waals surface area contributed by atoms with Gasteiger partial charge in [-0.15, -0.1) is 0 Å². The molecule has 2 rings (SSSR count). The maximum atomic E-state index is 12.0. The van der Waals surface area contributed by atoms with Crippen LogP contribution in [0.5, 0.6) is 11.5 Å². The van der Waals surface area contributed by atoms with Crippen LogP contribution in [0.1, 0.15) is 27.2 Å². The molecule has 7 nitrogen and oxygen atoms in total. The Morgan fingerprint density at radius 1 is 1.33 bits per heavy atom. The molecule has 0 saturated carbocycles. The number of hydrogen-bond acceptors (Lipinski definition) is 7. The van der Waals surface area contributed by atoms with Gasteiger partial charge in [0.05, 0.1) is 0 Å². The van der Waals surface area contributed by atoms with Crippen LogP contribution >= 0.6 is 0 Å². The first-order valence-corrected chi connectivity index (χ1v) is 9.35. The van der Waals surface area contributed by atoms with Crippen LogP contribution in [-0.2, 0) is 9.84 Å². The van der Waals surface area contributed by atoms with Gasteiger partial charge in [0, 0.05) is 23.5 Å². The van der Waals surface area contributed by atoms with Gasteiger partial charge in [-0.25, -0.2) is 8.42 Å². The predicted molar refractivity (Wildman–Crippen MR) is 91.2 cm³/mol. The highest BCUT2D eigenvalue weighted by Crippen LogP contribution is 2.34. The molecule has 1 aliphatic heterocycles. The molecule has 0 radical (unpaired) electrons. The Morgan fingerprint density at radius 2 is 2.00 bits per heavy atom. The van der Waals surface area contributed by atoms with Crippen molar-refractivity contribution in [2.45, 2.75) is 32.7 Å². The first kappa shape index (κ1) is 17.9. The third-order valence-electron chi connectivity index (χ3n) is 3.69. The number of hydrogen-bond donors (Lipinski definition) is 2. The van der Waals surface area contributed by atoms with Crippen LogP contribution in [0.3, 0.4) is 0 Å². The zero-order chi connectivity index (χ0) is 18.0. The largest absolute Gasteiger partial charge is 0.454 e. The Hall–Kier alpha value is -2.40. The van der Waals surface area contributed by atoms with Crippen molar-refractivity contribution in [2.24, 2.45) is 0 Å². The number of nitriles is 1. The third kappa shape index (κ3) is 4.11. The second-order valence-corrected chi connectivity index (χ2v) is 8.10. The van der Waals surface area contributed by atoms with Crippen molar-refractivity contribution >= 4 is 15.5 Å². The van der Waals surface area contributed by atoms with Gasteiger partial charge in [0.2, 0.25) is 6.79 Å². The third-order valence-corrected chi connectivity index (χ3v) is 4.73. The molecule has 24 heavy (non-hydrogen) atoms. The lowest BCUT2D eigenvalue weighted by molar-refractivity contribution is 0.174. The van der Waals surface area contributed by atoms with Gasteiger partial charge in [-0.2, -0.15) is 5.26 Å². The van der Waals surface area contributed by atoms with Crippen molar-refractivity contribution in [1.82, 2.24) is 5.32 Å². The second-order valence-electron chi connectivity index (χ2n) is 6.14. The van der Waals surface area contributed by atoms with Crippen molar-refractivity contribution in [3.8, 4) is 17.6 Å². The number of anilines is 1. The summed E-state index contributed by atoms with van der Waals surface area (Å²) in [4.78, 5) is -0.346. The van der Waals surface area contributed by atoms with Crippen molar-refractivity contribution in [3.63, 3.8) is 0 Å². The molecule has 0 aromatic heterocycles. The Bertz CT molecular complexity index is 807. The summed E-state index contributed by atoms with van der Waals surface area (Å²) in [5.41, 5.74) is 0.191. The van der Waals surface area contributed by atoms with E-state index in [2.05, 4.69) is 10.6 Å². The van der Waals surface area contributed by atoms with Crippen LogP contribution in [-0.4, -0.2) is 27.0 Å². The zero-order valence-electron chi connectivity index (χ0n) is 14.1. The maximum Gasteiger partial charge on any atom is 0.231 e.